The number of aromatic nitrogens is 2. The summed E-state index contributed by atoms with van der Waals surface area (Å²) in [6.45, 7) is -0.417. The first-order chi connectivity index (χ1) is 15.8. The molecule has 2 heterocycles. The van der Waals surface area contributed by atoms with E-state index in [0.717, 1.165) is 10.1 Å². The Morgan fingerprint density at radius 3 is 2.58 bits per heavy atom. The molecule has 178 valence electrons. The standard InChI is InChI=1S/C21H26N4O8/c22-13(6-7-16(27)32-11-12-4-2-1-3-5-12)19(30)23-15-8-9-25(21(31)24-15)20-18(29)17(28)14(10-26)33-20/h1-5,8-9,13-14,17-18,20,26,28-29H,6-7,10-11,22H2,(H,23,24,30,31)/t13-,14+,17+,18-,20+/m1/s1. The number of anilines is 1. The predicted molar refractivity (Wildman–Crippen MR) is 114 cm³/mol. The van der Waals surface area contributed by atoms with E-state index in [4.69, 9.17) is 20.3 Å². The van der Waals surface area contributed by atoms with Gasteiger partial charge in [-0.05, 0) is 18.1 Å². The second kappa shape index (κ2) is 11.1. The number of esters is 1. The van der Waals surface area contributed by atoms with E-state index >= 15 is 0 Å². The molecule has 0 radical (unpaired) electrons. The fraction of sp³-hybridized carbons (Fsp3) is 0.429. The molecular weight excluding hydrogens is 436 g/mol. The Bertz CT molecular complexity index is 1010. The first kappa shape index (κ1) is 24.5. The number of carbonyl (C=O) groups excluding carboxylic acids is 2. The van der Waals surface area contributed by atoms with Gasteiger partial charge in [-0.3, -0.25) is 14.2 Å². The Hall–Kier alpha value is -3.16. The molecule has 12 heteroatoms. The maximum atomic E-state index is 12.3. The lowest BCUT2D eigenvalue weighted by Crippen LogP contribution is -2.38. The molecular formula is C21H26N4O8. The Kier molecular flexibility index (Phi) is 8.25. The second-order valence-electron chi connectivity index (χ2n) is 7.51. The van der Waals surface area contributed by atoms with Crippen LogP contribution < -0.4 is 16.7 Å². The number of aliphatic hydroxyl groups excluding tert-OH is 3. The van der Waals surface area contributed by atoms with Crippen LogP contribution >= 0.6 is 0 Å². The number of hydrogen-bond donors (Lipinski definition) is 5. The zero-order valence-electron chi connectivity index (χ0n) is 17.6. The van der Waals surface area contributed by atoms with Gasteiger partial charge in [-0.15, -0.1) is 0 Å². The van der Waals surface area contributed by atoms with Gasteiger partial charge < -0.3 is 35.8 Å². The fourth-order valence-corrected chi connectivity index (χ4v) is 3.22. The summed E-state index contributed by atoms with van der Waals surface area (Å²) in [7, 11) is 0. The van der Waals surface area contributed by atoms with Crippen molar-refractivity contribution < 1.29 is 34.4 Å². The lowest BCUT2D eigenvalue weighted by molar-refractivity contribution is -0.145. The molecule has 0 bridgehead atoms. The van der Waals surface area contributed by atoms with E-state index in [-0.39, 0.29) is 25.3 Å². The summed E-state index contributed by atoms with van der Waals surface area (Å²) in [5.74, 6) is -1.24. The van der Waals surface area contributed by atoms with Crippen molar-refractivity contribution in [2.24, 2.45) is 5.73 Å². The minimum absolute atomic E-state index is 0.0269. The summed E-state index contributed by atoms with van der Waals surface area (Å²) in [5.41, 5.74) is 5.79. The highest BCUT2D eigenvalue weighted by molar-refractivity contribution is 5.94. The lowest BCUT2D eigenvalue weighted by atomic mass is 10.1. The first-order valence-corrected chi connectivity index (χ1v) is 10.3. The largest absolute Gasteiger partial charge is 0.461 e. The second-order valence-corrected chi connectivity index (χ2v) is 7.51. The number of benzene rings is 1. The monoisotopic (exact) mass is 462 g/mol. The number of hydrogen-bond acceptors (Lipinski definition) is 10. The zero-order chi connectivity index (χ0) is 24.0. The molecule has 0 spiro atoms. The lowest BCUT2D eigenvalue weighted by Gasteiger charge is -2.17. The summed E-state index contributed by atoms with van der Waals surface area (Å²) < 4.78 is 11.4. The van der Waals surface area contributed by atoms with Crippen LogP contribution in [-0.4, -0.2) is 67.7 Å². The number of nitrogens with one attached hydrogen (secondary N) is 1. The van der Waals surface area contributed by atoms with Crippen molar-refractivity contribution in [3.8, 4) is 0 Å². The molecule has 0 aliphatic carbocycles. The van der Waals surface area contributed by atoms with Crippen molar-refractivity contribution in [1.82, 2.24) is 9.55 Å². The molecule has 2 aromatic rings. The van der Waals surface area contributed by atoms with Gasteiger partial charge in [-0.1, -0.05) is 30.3 Å². The van der Waals surface area contributed by atoms with E-state index < -0.39 is 54.8 Å². The quantitative estimate of drug-likeness (QED) is 0.279. The van der Waals surface area contributed by atoms with Crippen LogP contribution in [0.5, 0.6) is 0 Å². The SMILES string of the molecule is N[C@H](CCC(=O)OCc1ccccc1)C(=O)Nc1ccn([C@H]2O[C@@H](CO)[C@H](O)[C@H]2O)c(=O)n1. The third-order valence-electron chi connectivity index (χ3n) is 5.11. The van der Waals surface area contributed by atoms with E-state index in [2.05, 4.69) is 10.3 Å². The van der Waals surface area contributed by atoms with Crippen LogP contribution in [0.15, 0.2) is 47.4 Å². The molecule has 6 N–H and O–H groups in total. The number of amides is 1. The summed E-state index contributed by atoms with van der Waals surface area (Å²) >= 11 is 0. The molecule has 0 unspecified atom stereocenters. The molecule has 1 aromatic heterocycles. The summed E-state index contributed by atoms with van der Waals surface area (Å²) in [4.78, 5) is 40.1. The predicted octanol–water partition coefficient (Wildman–Crippen LogP) is -1.36. The minimum atomic E-state index is -1.45. The highest BCUT2D eigenvalue weighted by Gasteiger charge is 2.43. The maximum absolute atomic E-state index is 12.3. The molecule has 1 aliphatic heterocycles. The smallest absolute Gasteiger partial charge is 0.351 e. The molecule has 1 aromatic carbocycles. The van der Waals surface area contributed by atoms with Crippen molar-refractivity contribution in [1.29, 1.82) is 0 Å². The summed E-state index contributed by atoms with van der Waals surface area (Å²) in [6.07, 6.45) is -3.93. The number of nitrogens with zero attached hydrogens (tertiary/aromatic N) is 2. The first-order valence-electron chi connectivity index (χ1n) is 10.3. The van der Waals surface area contributed by atoms with Gasteiger partial charge in [0.1, 0.15) is 30.7 Å². The van der Waals surface area contributed by atoms with E-state index in [1.165, 1.54) is 12.3 Å². The van der Waals surface area contributed by atoms with Gasteiger partial charge >= 0.3 is 11.7 Å². The van der Waals surface area contributed by atoms with Gasteiger partial charge in [-0.2, -0.15) is 4.98 Å². The molecule has 1 fully saturated rings. The van der Waals surface area contributed by atoms with Gasteiger partial charge in [0.05, 0.1) is 12.6 Å². The Balaban J connectivity index is 1.50. The average Bonchev–Trinajstić information content (AvgIpc) is 3.10. The molecule has 0 saturated carbocycles. The minimum Gasteiger partial charge on any atom is -0.461 e. The number of ether oxygens (including phenoxy) is 2. The molecule has 5 atom stereocenters. The third kappa shape index (κ3) is 6.21. The number of nitrogens with two attached hydrogens (primary N) is 1. The van der Waals surface area contributed by atoms with Crippen molar-refractivity contribution in [3.05, 3.63) is 58.6 Å². The van der Waals surface area contributed by atoms with Gasteiger partial charge in [0.15, 0.2) is 6.23 Å². The van der Waals surface area contributed by atoms with Crippen molar-refractivity contribution in [2.45, 2.75) is 50.0 Å². The van der Waals surface area contributed by atoms with Gasteiger partial charge in [0.25, 0.3) is 0 Å². The topological polar surface area (TPSA) is 186 Å². The highest BCUT2D eigenvalue weighted by Crippen LogP contribution is 2.28. The Labute approximate surface area is 188 Å². The molecule has 1 amide bonds. The van der Waals surface area contributed by atoms with Crippen molar-refractivity contribution in [3.63, 3.8) is 0 Å². The highest BCUT2D eigenvalue weighted by atomic mass is 16.6. The number of aliphatic hydroxyl groups is 3. The number of carbonyl (C=O) groups is 2. The van der Waals surface area contributed by atoms with Crippen LogP contribution in [0.25, 0.3) is 0 Å². The van der Waals surface area contributed by atoms with Gasteiger partial charge in [0, 0.05) is 12.6 Å². The van der Waals surface area contributed by atoms with Crippen molar-refractivity contribution in [2.75, 3.05) is 11.9 Å². The van der Waals surface area contributed by atoms with E-state index in [9.17, 15) is 24.6 Å². The Morgan fingerprint density at radius 2 is 1.94 bits per heavy atom. The molecule has 3 rings (SSSR count). The van der Waals surface area contributed by atoms with Crippen LogP contribution in [0.1, 0.15) is 24.6 Å². The Morgan fingerprint density at radius 1 is 1.21 bits per heavy atom. The van der Waals surface area contributed by atoms with Crippen LogP contribution in [0.2, 0.25) is 0 Å². The molecule has 1 aliphatic rings. The zero-order valence-corrected chi connectivity index (χ0v) is 17.6. The van der Waals surface area contributed by atoms with E-state index in [1.54, 1.807) is 0 Å². The normalized spacial score (nSPS) is 23.2. The number of rotatable bonds is 9. The van der Waals surface area contributed by atoms with Crippen LogP contribution in [0.3, 0.4) is 0 Å². The van der Waals surface area contributed by atoms with Gasteiger partial charge in [-0.25, -0.2) is 4.79 Å². The average molecular weight is 462 g/mol. The molecule has 12 nitrogen and oxygen atoms in total. The third-order valence-corrected chi connectivity index (χ3v) is 5.11. The van der Waals surface area contributed by atoms with Crippen LogP contribution in [-0.2, 0) is 25.7 Å². The fourth-order valence-electron chi connectivity index (χ4n) is 3.22. The van der Waals surface area contributed by atoms with E-state index in [0.29, 0.717) is 0 Å². The molecule has 1 saturated heterocycles. The van der Waals surface area contributed by atoms with E-state index in [1.807, 2.05) is 30.3 Å². The van der Waals surface area contributed by atoms with Gasteiger partial charge in [0.2, 0.25) is 5.91 Å². The molecule has 33 heavy (non-hydrogen) atoms. The maximum Gasteiger partial charge on any atom is 0.351 e. The summed E-state index contributed by atoms with van der Waals surface area (Å²) in [5, 5.41) is 31.4. The van der Waals surface area contributed by atoms with Crippen molar-refractivity contribution >= 4 is 17.7 Å². The van der Waals surface area contributed by atoms with Crippen LogP contribution in [0.4, 0.5) is 5.82 Å². The summed E-state index contributed by atoms with van der Waals surface area (Å²) in [6, 6.07) is 9.39. The van der Waals surface area contributed by atoms with Crippen LogP contribution in [0, 0.1) is 0 Å².